The van der Waals surface area contributed by atoms with Gasteiger partial charge in [0.15, 0.2) is 0 Å². The van der Waals surface area contributed by atoms with Crippen LogP contribution in [0.5, 0.6) is 0 Å². The Labute approximate surface area is 108 Å². The molecule has 0 spiro atoms. The van der Waals surface area contributed by atoms with Crippen molar-refractivity contribution < 1.29 is 4.92 Å². The smallest absolute Gasteiger partial charge is 0.274 e. The Morgan fingerprint density at radius 2 is 2.11 bits per heavy atom. The maximum absolute atomic E-state index is 11.0. The van der Waals surface area contributed by atoms with Gasteiger partial charge in [-0.1, -0.05) is 31.5 Å². The normalized spacial score (nSPS) is 19.0. The first-order valence-corrected chi connectivity index (χ1v) is 6.49. The van der Waals surface area contributed by atoms with Crippen molar-refractivity contribution in [1.29, 1.82) is 0 Å². The summed E-state index contributed by atoms with van der Waals surface area (Å²) in [4.78, 5) is 10.7. The summed E-state index contributed by atoms with van der Waals surface area (Å²) in [5.41, 5.74) is 1.36. The highest BCUT2D eigenvalue weighted by molar-refractivity contribution is 5.41. The number of nitrogens with zero attached hydrogens (tertiary/aromatic N) is 1. The molecular weight excluding hydrogens is 228 g/mol. The SMILES string of the molecule is CC(NCC1(C)CCC1)c1ccccc1[N+](=O)[O-]. The Kier molecular flexibility index (Phi) is 3.66. The monoisotopic (exact) mass is 248 g/mol. The summed E-state index contributed by atoms with van der Waals surface area (Å²) in [6.45, 7) is 5.19. The average molecular weight is 248 g/mol. The number of nitrogens with one attached hydrogen (secondary N) is 1. The fourth-order valence-corrected chi connectivity index (χ4v) is 2.49. The van der Waals surface area contributed by atoms with E-state index in [1.165, 1.54) is 19.3 Å². The van der Waals surface area contributed by atoms with Crippen molar-refractivity contribution in [2.75, 3.05) is 6.54 Å². The second-order valence-corrected chi connectivity index (χ2v) is 5.58. The predicted molar refractivity (Wildman–Crippen MR) is 71.5 cm³/mol. The molecule has 1 atom stereocenters. The first-order chi connectivity index (χ1) is 8.52. The molecule has 18 heavy (non-hydrogen) atoms. The Balaban J connectivity index is 2.04. The molecular formula is C14H20N2O2. The third kappa shape index (κ3) is 2.70. The molecule has 1 fully saturated rings. The molecule has 2 rings (SSSR count). The Bertz CT molecular complexity index is 441. The molecule has 1 aliphatic carbocycles. The first kappa shape index (κ1) is 13.0. The summed E-state index contributed by atoms with van der Waals surface area (Å²) in [7, 11) is 0. The number of nitro benzene ring substituents is 1. The topological polar surface area (TPSA) is 55.2 Å². The number of nitro groups is 1. The van der Waals surface area contributed by atoms with Crippen molar-refractivity contribution in [3.8, 4) is 0 Å². The van der Waals surface area contributed by atoms with Crippen LogP contribution in [0.1, 0.15) is 44.7 Å². The standard InChI is InChI=1S/C14H20N2O2/c1-11(15-10-14(2)8-5-9-14)12-6-3-4-7-13(12)16(17)18/h3-4,6-7,11,15H,5,8-10H2,1-2H3. The molecule has 1 saturated carbocycles. The quantitative estimate of drug-likeness (QED) is 0.641. The van der Waals surface area contributed by atoms with Gasteiger partial charge in [-0.05, 0) is 25.2 Å². The molecule has 0 bridgehead atoms. The van der Waals surface area contributed by atoms with Gasteiger partial charge < -0.3 is 5.32 Å². The average Bonchev–Trinajstić information content (AvgIpc) is 2.33. The molecule has 0 radical (unpaired) electrons. The molecule has 0 saturated heterocycles. The molecule has 1 aliphatic rings. The van der Waals surface area contributed by atoms with Gasteiger partial charge in [0.05, 0.1) is 4.92 Å². The van der Waals surface area contributed by atoms with Crippen LogP contribution in [0, 0.1) is 15.5 Å². The van der Waals surface area contributed by atoms with E-state index in [0.717, 1.165) is 12.1 Å². The van der Waals surface area contributed by atoms with Gasteiger partial charge in [-0.15, -0.1) is 0 Å². The van der Waals surface area contributed by atoms with Gasteiger partial charge in [-0.2, -0.15) is 0 Å². The van der Waals surface area contributed by atoms with Crippen molar-refractivity contribution in [1.82, 2.24) is 5.32 Å². The molecule has 0 aromatic heterocycles. The Morgan fingerprint density at radius 3 is 2.67 bits per heavy atom. The summed E-state index contributed by atoms with van der Waals surface area (Å²) in [5.74, 6) is 0. The van der Waals surface area contributed by atoms with Crippen LogP contribution in [0.25, 0.3) is 0 Å². The second kappa shape index (κ2) is 5.06. The first-order valence-electron chi connectivity index (χ1n) is 6.49. The van der Waals surface area contributed by atoms with Gasteiger partial charge in [-0.3, -0.25) is 10.1 Å². The lowest BCUT2D eigenvalue weighted by Crippen LogP contribution is -2.38. The zero-order chi connectivity index (χ0) is 13.2. The van der Waals surface area contributed by atoms with Crippen LogP contribution in [0.2, 0.25) is 0 Å². The molecule has 98 valence electrons. The molecule has 0 amide bonds. The van der Waals surface area contributed by atoms with Crippen LogP contribution in [0.4, 0.5) is 5.69 Å². The summed E-state index contributed by atoms with van der Waals surface area (Å²) < 4.78 is 0. The van der Waals surface area contributed by atoms with Crippen molar-refractivity contribution in [3.05, 3.63) is 39.9 Å². The van der Waals surface area contributed by atoms with E-state index in [4.69, 9.17) is 0 Å². The van der Waals surface area contributed by atoms with Crippen molar-refractivity contribution in [3.63, 3.8) is 0 Å². The Morgan fingerprint density at radius 1 is 1.44 bits per heavy atom. The summed E-state index contributed by atoms with van der Waals surface area (Å²) in [6.07, 6.45) is 3.81. The van der Waals surface area contributed by atoms with Crippen molar-refractivity contribution >= 4 is 5.69 Å². The van der Waals surface area contributed by atoms with E-state index in [1.807, 2.05) is 19.1 Å². The zero-order valence-corrected chi connectivity index (χ0v) is 11.0. The highest BCUT2D eigenvalue weighted by Gasteiger charge is 2.32. The second-order valence-electron chi connectivity index (χ2n) is 5.58. The van der Waals surface area contributed by atoms with Crippen LogP contribution in [-0.4, -0.2) is 11.5 Å². The van der Waals surface area contributed by atoms with E-state index in [0.29, 0.717) is 5.41 Å². The lowest BCUT2D eigenvalue weighted by atomic mass is 9.70. The van der Waals surface area contributed by atoms with E-state index < -0.39 is 0 Å². The summed E-state index contributed by atoms with van der Waals surface area (Å²) >= 11 is 0. The fraction of sp³-hybridized carbons (Fsp3) is 0.571. The van der Waals surface area contributed by atoms with Gasteiger partial charge in [0, 0.05) is 24.2 Å². The molecule has 0 aliphatic heterocycles. The van der Waals surface area contributed by atoms with Gasteiger partial charge in [0.2, 0.25) is 0 Å². The largest absolute Gasteiger partial charge is 0.309 e. The fourth-order valence-electron chi connectivity index (χ4n) is 2.49. The highest BCUT2D eigenvalue weighted by atomic mass is 16.6. The molecule has 1 aromatic rings. The summed E-state index contributed by atoms with van der Waals surface area (Å²) in [6, 6.07) is 6.98. The Hall–Kier alpha value is -1.42. The van der Waals surface area contributed by atoms with Gasteiger partial charge >= 0.3 is 0 Å². The van der Waals surface area contributed by atoms with Crippen LogP contribution in [0.15, 0.2) is 24.3 Å². The molecule has 1 N–H and O–H groups in total. The number of hydrogen-bond donors (Lipinski definition) is 1. The third-order valence-electron chi connectivity index (χ3n) is 4.00. The van der Waals surface area contributed by atoms with Crippen molar-refractivity contribution in [2.45, 2.75) is 39.2 Å². The third-order valence-corrected chi connectivity index (χ3v) is 4.00. The van der Waals surface area contributed by atoms with E-state index in [2.05, 4.69) is 12.2 Å². The summed E-state index contributed by atoms with van der Waals surface area (Å²) in [5, 5.41) is 14.4. The zero-order valence-electron chi connectivity index (χ0n) is 11.0. The maximum Gasteiger partial charge on any atom is 0.274 e. The van der Waals surface area contributed by atoms with E-state index in [9.17, 15) is 10.1 Å². The number of para-hydroxylation sites is 1. The number of benzene rings is 1. The van der Waals surface area contributed by atoms with Crippen LogP contribution in [-0.2, 0) is 0 Å². The maximum atomic E-state index is 11.0. The molecule has 4 nitrogen and oxygen atoms in total. The molecule has 4 heteroatoms. The minimum atomic E-state index is -0.307. The minimum absolute atomic E-state index is 0.0176. The van der Waals surface area contributed by atoms with Crippen LogP contribution >= 0.6 is 0 Å². The lowest BCUT2D eigenvalue weighted by molar-refractivity contribution is -0.385. The number of hydrogen-bond acceptors (Lipinski definition) is 3. The number of rotatable bonds is 5. The van der Waals surface area contributed by atoms with Crippen LogP contribution in [0.3, 0.4) is 0 Å². The van der Waals surface area contributed by atoms with Crippen LogP contribution < -0.4 is 5.32 Å². The van der Waals surface area contributed by atoms with Gasteiger partial charge in [0.1, 0.15) is 0 Å². The molecule has 0 heterocycles. The van der Waals surface area contributed by atoms with E-state index in [1.54, 1.807) is 12.1 Å². The molecule has 1 aromatic carbocycles. The van der Waals surface area contributed by atoms with E-state index >= 15 is 0 Å². The van der Waals surface area contributed by atoms with E-state index in [-0.39, 0.29) is 16.7 Å². The highest BCUT2D eigenvalue weighted by Crippen LogP contribution is 2.40. The van der Waals surface area contributed by atoms with Crippen molar-refractivity contribution in [2.24, 2.45) is 5.41 Å². The minimum Gasteiger partial charge on any atom is -0.309 e. The molecule has 1 unspecified atom stereocenters. The predicted octanol–water partition coefficient (Wildman–Crippen LogP) is 3.44. The van der Waals surface area contributed by atoms with Gasteiger partial charge in [-0.25, -0.2) is 0 Å². The lowest BCUT2D eigenvalue weighted by Gasteiger charge is -2.39. The van der Waals surface area contributed by atoms with Gasteiger partial charge in [0.25, 0.3) is 5.69 Å².